The molecular formula is C5H6F2O3. The molecule has 0 bridgehead atoms. The van der Waals surface area contributed by atoms with Crippen molar-refractivity contribution in [1.29, 1.82) is 0 Å². The summed E-state index contributed by atoms with van der Waals surface area (Å²) in [5, 5.41) is 0. The summed E-state index contributed by atoms with van der Waals surface area (Å²) in [6, 6.07) is 0. The lowest BCUT2D eigenvalue weighted by Gasteiger charge is -2.10. The molecule has 1 rings (SSSR count). The van der Waals surface area contributed by atoms with Gasteiger partial charge in [-0.15, -0.1) is 0 Å². The molecule has 3 nitrogen and oxygen atoms in total. The third-order valence-corrected chi connectivity index (χ3v) is 1.10. The molecule has 1 fully saturated rings. The Morgan fingerprint density at radius 1 is 1.80 bits per heavy atom. The molecule has 0 aromatic heterocycles. The lowest BCUT2D eigenvalue weighted by atomic mass is 10.4. The van der Waals surface area contributed by atoms with Crippen molar-refractivity contribution in [2.24, 2.45) is 0 Å². The topological polar surface area (TPSA) is 35.5 Å². The van der Waals surface area contributed by atoms with Gasteiger partial charge in [0.05, 0.1) is 0 Å². The monoisotopic (exact) mass is 152 g/mol. The lowest BCUT2D eigenvalue weighted by molar-refractivity contribution is -0.161. The summed E-state index contributed by atoms with van der Waals surface area (Å²) in [4.78, 5) is 9.87. The van der Waals surface area contributed by atoms with E-state index in [2.05, 4.69) is 9.47 Å². The summed E-state index contributed by atoms with van der Waals surface area (Å²) in [5.74, 6) is -2.41. The highest BCUT2D eigenvalue weighted by atomic mass is 19.2. The van der Waals surface area contributed by atoms with Crippen molar-refractivity contribution in [2.75, 3.05) is 13.3 Å². The summed E-state index contributed by atoms with van der Waals surface area (Å²) < 4.78 is 32.9. The first-order valence-electron chi connectivity index (χ1n) is 2.70. The molecular weight excluding hydrogens is 146 g/mol. The van der Waals surface area contributed by atoms with Crippen molar-refractivity contribution in [1.82, 2.24) is 0 Å². The molecule has 10 heavy (non-hydrogen) atoms. The van der Waals surface area contributed by atoms with E-state index in [1.54, 1.807) is 0 Å². The number of ether oxygens (including phenoxy) is 2. The van der Waals surface area contributed by atoms with Crippen LogP contribution in [0.2, 0.25) is 0 Å². The highest BCUT2D eigenvalue weighted by Gasteiger charge is 2.41. The molecule has 0 amide bonds. The second-order valence-electron chi connectivity index (χ2n) is 1.95. The van der Waals surface area contributed by atoms with Gasteiger partial charge in [0.1, 0.15) is 6.61 Å². The predicted molar refractivity (Wildman–Crippen MR) is 26.7 cm³/mol. The highest BCUT2D eigenvalue weighted by molar-refractivity contribution is 5.54. The first kappa shape index (κ1) is 7.56. The maximum atomic E-state index is 12.6. The van der Waals surface area contributed by atoms with Crippen LogP contribution >= 0.6 is 0 Å². The van der Waals surface area contributed by atoms with Gasteiger partial charge < -0.3 is 9.47 Å². The molecule has 1 aliphatic rings. The minimum Gasteiger partial charge on any atom is -0.340 e. The van der Waals surface area contributed by atoms with Gasteiger partial charge in [-0.1, -0.05) is 0 Å². The van der Waals surface area contributed by atoms with E-state index in [4.69, 9.17) is 0 Å². The van der Waals surface area contributed by atoms with Crippen LogP contribution in [0.3, 0.4) is 0 Å². The van der Waals surface area contributed by atoms with E-state index in [1.165, 1.54) is 0 Å². The van der Waals surface area contributed by atoms with Crippen molar-refractivity contribution < 1.29 is 23.0 Å². The Morgan fingerprint density at radius 2 is 2.50 bits per heavy atom. The van der Waals surface area contributed by atoms with Crippen LogP contribution in [0.5, 0.6) is 0 Å². The second-order valence-corrected chi connectivity index (χ2v) is 1.95. The van der Waals surface area contributed by atoms with Gasteiger partial charge in [-0.3, -0.25) is 4.79 Å². The Kier molecular flexibility index (Phi) is 1.96. The zero-order valence-corrected chi connectivity index (χ0v) is 5.05. The Labute approximate surface area is 55.9 Å². The molecule has 0 aliphatic carbocycles. The van der Waals surface area contributed by atoms with Crippen molar-refractivity contribution in [3.63, 3.8) is 0 Å². The number of rotatable bonds is 2. The van der Waals surface area contributed by atoms with Crippen molar-refractivity contribution in [2.45, 2.75) is 12.1 Å². The van der Waals surface area contributed by atoms with E-state index >= 15 is 0 Å². The fourth-order valence-electron chi connectivity index (χ4n) is 0.620. The third kappa shape index (κ3) is 1.30. The smallest absolute Gasteiger partial charge is 0.264 e. The minimum absolute atomic E-state index is 0.275. The number of carbonyl (C=O) groups excluding carboxylic acids is 1. The van der Waals surface area contributed by atoms with Crippen LogP contribution in [-0.2, 0) is 14.3 Å². The first-order valence-corrected chi connectivity index (χ1v) is 2.70. The molecule has 1 aliphatic heterocycles. The molecule has 58 valence electrons. The molecule has 1 heterocycles. The summed E-state index contributed by atoms with van der Waals surface area (Å²) >= 11 is 0. The molecule has 2 unspecified atom stereocenters. The average molecular weight is 152 g/mol. The van der Waals surface area contributed by atoms with Crippen LogP contribution in [0.25, 0.3) is 0 Å². The van der Waals surface area contributed by atoms with Gasteiger partial charge in [0.2, 0.25) is 6.29 Å². The molecule has 0 aromatic carbocycles. The van der Waals surface area contributed by atoms with E-state index < -0.39 is 25.4 Å². The number of aldehydes is 1. The zero-order chi connectivity index (χ0) is 7.61. The fraction of sp³-hybridized carbons (Fsp3) is 0.800. The maximum Gasteiger partial charge on any atom is 0.264 e. The second kappa shape index (κ2) is 2.59. The van der Waals surface area contributed by atoms with E-state index in [1.807, 2.05) is 0 Å². The van der Waals surface area contributed by atoms with E-state index in [0.717, 1.165) is 0 Å². The van der Waals surface area contributed by atoms with Gasteiger partial charge in [0.15, 0.2) is 13.0 Å². The molecule has 0 N–H and O–H groups in total. The van der Waals surface area contributed by atoms with Crippen LogP contribution in [0.15, 0.2) is 0 Å². The third-order valence-electron chi connectivity index (χ3n) is 1.10. The highest BCUT2D eigenvalue weighted by Crippen LogP contribution is 2.23. The summed E-state index contributed by atoms with van der Waals surface area (Å²) in [6.07, 6.45) is -0.975. The minimum atomic E-state index is -2.41. The van der Waals surface area contributed by atoms with Gasteiger partial charge in [0, 0.05) is 0 Å². The van der Waals surface area contributed by atoms with Crippen molar-refractivity contribution in [3.05, 3.63) is 0 Å². The lowest BCUT2D eigenvalue weighted by Crippen LogP contribution is -2.28. The SMILES string of the molecule is O=CC1OCC(F)(CF)O1. The molecule has 0 spiro atoms. The zero-order valence-electron chi connectivity index (χ0n) is 5.05. The molecule has 1 saturated heterocycles. The molecule has 2 atom stereocenters. The standard InChI is InChI=1S/C5H6F2O3/c6-2-5(7)3-9-4(1-8)10-5/h1,4H,2-3H2. The maximum absolute atomic E-state index is 12.6. The van der Waals surface area contributed by atoms with Crippen LogP contribution in [0, 0.1) is 0 Å². The van der Waals surface area contributed by atoms with Crippen molar-refractivity contribution in [3.8, 4) is 0 Å². The van der Waals surface area contributed by atoms with Crippen molar-refractivity contribution >= 4 is 6.29 Å². The van der Waals surface area contributed by atoms with E-state index in [9.17, 15) is 13.6 Å². The summed E-state index contributed by atoms with van der Waals surface area (Å²) in [6.45, 7) is -1.82. The van der Waals surface area contributed by atoms with Gasteiger partial charge in [-0.2, -0.15) is 0 Å². The Bertz CT molecular complexity index is 141. The van der Waals surface area contributed by atoms with Crippen LogP contribution in [0.1, 0.15) is 0 Å². The Morgan fingerprint density at radius 3 is 2.80 bits per heavy atom. The van der Waals surface area contributed by atoms with E-state index in [0.29, 0.717) is 0 Å². The molecule has 5 heteroatoms. The van der Waals surface area contributed by atoms with Gasteiger partial charge >= 0.3 is 0 Å². The largest absolute Gasteiger partial charge is 0.340 e. The predicted octanol–water partition coefficient (Wildman–Crippen LogP) is 0.194. The Balaban J connectivity index is 2.48. The average Bonchev–Trinajstić information content (AvgIpc) is 2.33. The molecule has 0 radical (unpaired) electrons. The fourth-order valence-corrected chi connectivity index (χ4v) is 0.620. The van der Waals surface area contributed by atoms with Gasteiger partial charge in [-0.05, 0) is 0 Å². The summed E-state index contributed by atoms with van der Waals surface area (Å²) in [7, 11) is 0. The number of hydrogen-bond donors (Lipinski definition) is 0. The number of hydrogen-bond acceptors (Lipinski definition) is 3. The van der Waals surface area contributed by atoms with Crippen LogP contribution < -0.4 is 0 Å². The quantitative estimate of drug-likeness (QED) is 0.530. The molecule has 0 aromatic rings. The van der Waals surface area contributed by atoms with E-state index in [-0.39, 0.29) is 6.29 Å². The van der Waals surface area contributed by atoms with Crippen LogP contribution in [0.4, 0.5) is 8.78 Å². The number of carbonyl (C=O) groups is 1. The summed E-state index contributed by atoms with van der Waals surface area (Å²) in [5.41, 5.74) is 0. The van der Waals surface area contributed by atoms with Crippen LogP contribution in [-0.4, -0.2) is 31.7 Å². The van der Waals surface area contributed by atoms with Gasteiger partial charge in [0.25, 0.3) is 5.85 Å². The Hall–Kier alpha value is -0.550. The first-order chi connectivity index (χ1) is 4.70. The molecule has 0 saturated carbocycles. The van der Waals surface area contributed by atoms with Gasteiger partial charge in [-0.25, -0.2) is 8.78 Å². The number of halogens is 2. The normalized spacial score (nSPS) is 40.0. The number of alkyl halides is 2.